The molecule has 100 valence electrons. The van der Waals surface area contributed by atoms with E-state index in [1.54, 1.807) is 10.9 Å². The summed E-state index contributed by atoms with van der Waals surface area (Å²) in [7, 11) is 0. The van der Waals surface area contributed by atoms with Crippen LogP contribution in [0.5, 0.6) is 0 Å². The van der Waals surface area contributed by atoms with Crippen LogP contribution in [0.3, 0.4) is 0 Å². The van der Waals surface area contributed by atoms with E-state index in [4.69, 9.17) is 5.73 Å². The maximum atomic E-state index is 12.0. The standard InChI is InChI=1S/C14H18N4O/c15-11-6-5-10-8-16-18(13(10)7-11)9-14(19)17-12-3-1-2-4-12/h5-8,12H,1-4,9,15H2,(H,17,19). The number of nitrogen functional groups attached to an aromatic ring is 1. The van der Waals surface area contributed by atoms with Gasteiger partial charge in [-0.2, -0.15) is 5.10 Å². The highest BCUT2D eigenvalue weighted by Crippen LogP contribution is 2.18. The molecule has 0 bridgehead atoms. The molecule has 1 fully saturated rings. The minimum atomic E-state index is 0.0272. The number of rotatable bonds is 3. The molecule has 0 unspecified atom stereocenters. The van der Waals surface area contributed by atoms with Crippen molar-refractivity contribution >= 4 is 22.5 Å². The molecule has 5 heteroatoms. The van der Waals surface area contributed by atoms with Crippen LogP contribution in [0.1, 0.15) is 25.7 Å². The minimum Gasteiger partial charge on any atom is -0.399 e. The topological polar surface area (TPSA) is 72.9 Å². The molecule has 0 saturated heterocycles. The fraction of sp³-hybridized carbons (Fsp3) is 0.429. The number of aromatic nitrogens is 2. The summed E-state index contributed by atoms with van der Waals surface area (Å²) in [4.78, 5) is 12.0. The van der Waals surface area contributed by atoms with Crippen LogP contribution in [0.2, 0.25) is 0 Å². The fourth-order valence-electron chi connectivity index (χ4n) is 2.69. The average Bonchev–Trinajstić information content (AvgIpc) is 3.00. The van der Waals surface area contributed by atoms with E-state index in [9.17, 15) is 4.79 Å². The molecule has 0 radical (unpaired) electrons. The normalized spacial score (nSPS) is 16.0. The van der Waals surface area contributed by atoms with Crippen LogP contribution < -0.4 is 11.1 Å². The molecular weight excluding hydrogens is 240 g/mol. The van der Waals surface area contributed by atoms with Gasteiger partial charge in [-0.25, -0.2) is 0 Å². The van der Waals surface area contributed by atoms with Gasteiger partial charge in [0.05, 0.1) is 11.7 Å². The lowest BCUT2D eigenvalue weighted by Gasteiger charge is -2.12. The minimum absolute atomic E-state index is 0.0272. The summed E-state index contributed by atoms with van der Waals surface area (Å²) in [5.41, 5.74) is 7.36. The van der Waals surface area contributed by atoms with Crippen LogP contribution in [-0.4, -0.2) is 21.7 Å². The number of hydrogen-bond donors (Lipinski definition) is 2. The summed E-state index contributed by atoms with van der Waals surface area (Å²) >= 11 is 0. The number of amides is 1. The average molecular weight is 258 g/mol. The Morgan fingerprint density at radius 3 is 3.00 bits per heavy atom. The smallest absolute Gasteiger partial charge is 0.241 e. The van der Waals surface area contributed by atoms with E-state index in [0.29, 0.717) is 11.7 Å². The van der Waals surface area contributed by atoms with E-state index < -0.39 is 0 Å². The second kappa shape index (κ2) is 4.91. The van der Waals surface area contributed by atoms with Gasteiger partial charge in [0.25, 0.3) is 0 Å². The summed E-state index contributed by atoms with van der Waals surface area (Å²) < 4.78 is 1.70. The number of benzene rings is 1. The Bertz CT molecular complexity index is 599. The predicted octanol–water partition coefficient (Wildman–Crippen LogP) is 1.68. The predicted molar refractivity (Wildman–Crippen MR) is 74.5 cm³/mol. The molecule has 3 rings (SSSR count). The maximum absolute atomic E-state index is 12.0. The van der Waals surface area contributed by atoms with Crippen LogP contribution in [0.25, 0.3) is 10.9 Å². The van der Waals surface area contributed by atoms with Gasteiger partial charge in [-0.05, 0) is 31.0 Å². The fourth-order valence-corrected chi connectivity index (χ4v) is 2.69. The van der Waals surface area contributed by atoms with E-state index in [1.807, 2.05) is 18.2 Å². The zero-order valence-electron chi connectivity index (χ0n) is 10.8. The first-order chi connectivity index (χ1) is 9.22. The van der Waals surface area contributed by atoms with E-state index in [1.165, 1.54) is 12.8 Å². The van der Waals surface area contributed by atoms with Gasteiger partial charge in [-0.15, -0.1) is 0 Å². The van der Waals surface area contributed by atoms with Gasteiger partial charge >= 0.3 is 0 Å². The molecular formula is C14H18N4O. The zero-order valence-corrected chi connectivity index (χ0v) is 10.8. The number of hydrogen-bond acceptors (Lipinski definition) is 3. The largest absolute Gasteiger partial charge is 0.399 e. The first-order valence-electron chi connectivity index (χ1n) is 6.73. The quantitative estimate of drug-likeness (QED) is 0.823. The molecule has 5 nitrogen and oxygen atoms in total. The molecule has 3 N–H and O–H groups in total. The molecule has 0 spiro atoms. The van der Waals surface area contributed by atoms with Gasteiger partial charge in [0.15, 0.2) is 0 Å². The first-order valence-corrected chi connectivity index (χ1v) is 6.73. The number of nitrogens with two attached hydrogens (primary N) is 1. The molecule has 1 aliphatic rings. The molecule has 1 aromatic heterocycles. The van der Waals surface area contributed by atoms with Crippen molar-refractivity contribution in [3.63, 3.8) is 0 Å². The van der Waals surface area contributed by atoms with Gasteiger partial charge in [0.2, 0.25) is 5.91 Å². The van der Waals surface area contributed by atoms with Crippen molar-refractivity contribution < 1.29 is 4.79 Å². The monoisotopic (exact) mass is 258 g/mol. The summed E-state index contributed by atoms with van der Waals surface area (Å²) in [5, 5.41) is 8.32. The Kier molecular flexibility index (Phi) is 3.11. The van der Waals surface area contributed by atoms with Gasteiger partial charge in [0.1, 0.15) is 6.54 Å². The lowest BCUT2D eigenvalue weighted by Crippen LogP contribution is -2.35. The number of nitrogens with one attached hydrogen (secondary N) is 1. The Balaban J connectivity index is 1.73. The van der Waals surface area contributed by atoms with Crippen molar-refractivity contribution in [1.82, 2.24) is 15.1 Å². The zero-order chi connectivity index (χ0) is 13.2. The van der Waals surface area contributed by atoms with Crippen LogP contribution in [0.4, 0.5) is 5.69 Å². The summed E-state index contributed by atoms with van der Waals surface area (Å²) in [6.07, 6.45) is 6.38. The SMILES string of the molecule is Nc1ccc2cnn(CC(=O)NC3CCCC3)c2c1. The Morgan fingerprint density at radius 2 is 2.21 bits per heavy atom. The molecule has 1 amide bonds. The highest BCUT2D eigenvalue weighted by molar-refractivity contribution is 5.84. The Hall–Kier alpha value is -2.04. The van der Waals surface area contributed by atoms with Crippen molar-refractivity contribution in [2.75, 3.05) is 5.73 Å². The summed E-state index contributed by atoms with van der Waals surface area (Å²) in [5.74, 6) is 0.0272. The van der Waals surface area contributed by atoms with Crippen molar-refractivity contribution in [2.45, 2.75) is 38.3 Å². The molecule has 0 atom stereocenters. The highest BCUT2D eigenvalue weighted by Gasteiger charge is 2.17. The molecule has 19 heavy (non-hydrogen) atoms. The molecule has 1 aromatic carbocycles. The molecule has 0 aliphatic heterocycles. The second-order valence-corrected chi connectivity index (χ2v) is 5.17. The van der Waals surface area contributed by atoms with E-state index in [2.05, 4.69) is 10.4 Å². The van der Waals surface area contributed by atoms with Crippen LogP contribution in [0.15, 0.2) is 24.4 Å². The lowest BCUT2D eigenvalue weighted by atomic mass is 10.2. The van der Waals surface area contributed by atoms with Gasteiger partial charge in [-0.3, -0.25) is 9.48 Å². The lowest BCUT2D eigenvalue weighted by molar-refractivity contribution is -0.122. The van der Waals surface area contributed by atoms with Gasteiger partial charge in [-0.1, -0.05) is 12.8 Å². The first kappa shape index (κ1) is 12.0. The molecule has 1 aliphatic carbocycles. The van der Waals surface area contributed by atoms with E-state index in [0.717, 1.165) is 23.7 Å². The van der Waals surface area contributed by atoms with E-state index in [-0.39, 0.29) is 12.5 Å². The third-order valence-corrected chi connectivity index (χ3v) is 3.68. The van der Waals surface area contributed by atoms with Crippen molar-refractivity contribution in [3.8, 4) is 0 Å². The van der Waals surface area contributed by atoms with Crippen molar-refractivity contribution in [1.29, 1.82) is 0 Å². The van der Waals surface area contributed by atoms with Crippen LogP contribution in [0, 0.1) is 0 Å². The Morgan fingerprint density at radius 1 is 1.42 bits per heavy atom. The summed E-state index contributed by atoms with van der Waals surface area (Å²) in [6.45, 7) is 0.253. The number of anilines is 1. The summed E-state index contributed by atoms with van der Waals surface area (Å²) in [6, 6.07) is 5.96. The highest BCUT2D eigenvalue weighted by atomic mass is 16.2. The second-order valence-electron chi connectivity index (χ2n) is 5.17. The third kappa shape index (κ3) is 2.54. The number of carbonyl (C=O) groups is 1. The number of nitrogens with zero attached hydrogens (tertiary/aromatic N) is 2. The third-order valence-electron chi connectivity index (χ3n) is 3.68. The van der Waals surface area contributed by atoms with Crippen molar-refractivity contribution in [2.24, 2.45) is 0 Å². The maximum Gasteiger partial charge on any atom is 0.241 e. The Labute approximate surface area is 111 Å². The number of carbonyl (C=O) groups excluding carboxylic acids is 1. The van der Waals surface area contributed by atoms with Gasteiger partial charge < -0.3 is 11.1 Å². The van der Waals surface area contributed by atoms with Crippen LogP contribution >= 0.6 is 0 Å². The number of fused-ring (bicyclic) bond motifs is 1. The van der Waals surface area contributed by atoms with Gasteiger partial charge in [0, 0.05) is 17.1 Å². The molecule has 2 aromatic rings. The van der Waals surface area contributed by atoms with E-state index >= 15 is 0 Å². The molecule has 1 heterocycles. The molecule has 1 saturated carbocycles. The van der Waals surface area contributed by atoms with Crippen LogP contribution in [-0.2, 0) is 11.3 Å². The van der Waals surface area contributed by atoms with Crippen molar-refractivity contribution in [3.05, 3.63) is 24.4 Å².